The molecule has 0 spiro atoms. The standard InChI is InChI=1S/C13H19ClN4O2/c1-4-7-17-12(19)10-11(16-13(17)14)15-9(5-2)18(10)8-20-6-3/h4-8H2,1-3H3. The number of nitrogens with zero attached hydrogens (tertiary/aromatic N) is 4. The van der Waals surface area contributed by atoms with E-state index in [0.29, 0.717) is 37.5 Å². The molecule has 2 heterocycles. The van der Waals surface area contributed by atoms with E-state index in [0.717, 1.165) is 12.2 Å². The third-order valence-electron chi connectivity index (χ3n) is 3.08. The highest BCUT2D eigenvalue weighted by atomic mass is 35.5. The van der Waals surface area contributed by atoms with Crippen molar-refractivity contribution in [3.05, 3.63) is 21.5 Å². The van der Waals surface area contributed by atoms with Crippen LogP contribution in [0.15, 0.2) is 4.79 Å². The van der Waals surface area contributed by atoms with Crippen molar-refractivity contribution < 1.29 is 4.74 Å². The lowest BCUT2D eigenvalue weighted by atomic mass is 10.4. The molecule has 0 radical (unpaired) electrons. The first-order chi connectivity index (χ1) is 9.63. The van der Waals surface area contributed by atoms with E-state index in [4.69, 9.17) is 16.3 Å². The zero-order valence-electron chi connectivity index (χ0n) is 12.0. The van der Waals surface area contributed by atoms with E-state index < -0.39 is 0 Å². The average Bonchev–Trinajstić information content (AvgIpc) is 2.78. The topological polar surface area (TPSA) is 61.9 Å². The van der Waals surface area contributed by atoms with Gasteiger partial charge in [-0.05, 0) is 24.9 Å². The summed E-state index contributed by atoms with van der Waals surface area (Å²) in [6.45, 7) is 7.31. The zero-order valence-corrected chi connectivity index (χ0v) is 12.8. The highest BCUT2D eigenvalue weighted by Gasteiger charge is 2.17. The van der Waals surface area contributed by atoms with E-state index in [9.17, 15) is 4.79 Å². The molecule has 0 saturated heterocycles. The van der Waals surface area contributed by atoms with Crippen LogP contribution in [0.3, 0.4) is 0 Å². The molecule has 0 aromatic carbocycles. The third-order valence-corrected chi connectivity index (χ3v) is 3.37. The molecular weight excluding hydrogens is 280 g/mol. The molecule has 7 heteroatoms. The minimum atomic E-state index is -0.159. The second-order valence-electron chi connectivity index (χ2n) is 4.44. The summed E-state index contributed by atoms with van der Waals surface area (Å²) in [4.78, 5) is 21.2. The third kappa shape index (κ3) is 2.58. The number of halogens is 1. The van der Waals surface area contributed by atoms with Gasteiger partial charge in [0.15, 0.2) is 11.2 Å². The quantitative estimate of drug-likeness (QED) is 0.767. The molecular formula is C13H19ClN4O2. The van der Waals surface area contributed by atoms with E-state index >= 15 is 0 Å². The molecule has 2 rings (SSSR count). The van der Waals surface area contributed by atoms with Gasteiger partial charge < -0.3 is 4.74 Å². The van der Waals surface area contributed by atoms with Crippen LogP contribution >= 0.6 is 11.6 Å². The normalized spacial score (nSPS) is 11.4. The van der Waals surface area contributed by atoms with Gasteiger partial charge in [-0.1, -0.05) is 13.8 Å². The Hall–Kier alpha value is -1.40. The average molecular weight is 299 g/mol. The zero-order chi connectivity index (χ0) is 14.7. The molecule has 0 saturated carbocycles. The largest absolute Gasteiger partial charge is 0.361 e. The summed E-state index contributed by atoms with van der Waals surface area (Å²) in [7, 11) is 0. The second kappa shape index (κ2) is 6.37. The van der Waals surface area contributed by atoms with Gasteiger partial charge in [-0.15, -0.1) is 0 Å². The Balaban J connectivity index is 2.69. The SMILES string of the molecule is CCCn1c(Cl)nc2nc(CC)n(COCC)c2c1=O. The second-order valence-corrected chi connectivity index (χ2v) is 4.78. The van der Waals surface area contributed by atoms with Crippen molar-refractivity contribution in [2.45, 2.75) is 46.9 Å². The molecule has 20 heavy (non-hydrogen) atoms. The predicted octanol–water partition coefficient (Wildman–Crippen LogP) is 2.21. The van der Waals surface area contributed by atoms with Crippen molar-refractivity contribution in [3.8, 4) is 0 Å². The molecule has 0 aliphatic carbocycles. The monoisotopic (exact) mass is 298 g/mol. The molecule has 0 fully saturated rings. The van der Waals surface area contributed by atoms with Crippen LogP contribution in [0.1, 0.15) is 33.0 Å². The number of imidazole rings is 1. The van der Waals surface area contributed by atoms with Crippen LogP contribution in [0.4, 0.5) is 0 Å². The fourth-order valence-electron chi connectivity index (χ4n) is 2.14. The van der Waals surface area contributed by atoms with Crippen molar-refractivity contribution in [2.75, 3.05) is 6.61 Å². The summed E-state index contributed by atoms with van der Waals surface area (Å²) in [5, 5.41) is 0.188. The van der Waals surface area contributed by atoms with Crippen LogP contribution in [-0.2, 0) is 24.4 Å². The highest BCUT2D eigenvalue weighted by molar-refractivity contribution is 6.28. The summed E-state index contributed by atoms with van der Waals surface area (Å²) in [6.07, 6.45) is 1.52. The predicted molar refractivity (Wildman–Crippen MR) is 78.1 cm³/mol. The van der Waals surface area contributed by atoms with Crippen molar-refractivity contribution >= 4 is 22.8 Å². The van der Waals surface area contributed by atoms with Gasteiger partial charge in [0.2, 0.25) is 5.28 Å². The van der Waals surface area contributed by atoms with Crippen LogP contribution in [0.2, 0.25) is 5.28 Å². The molecule has 0 unspecified atom stereocenters. The molecule has 2 aromatic heterocycles. The Morgan fingerprint density at radius 2 is 1.95 bits per heavy atom. The lowest BCUT2D eigenvalue weighted by Crippen LogP contribution is -2.24. The number of ether oxygens (including phenoxy) is 1. The number of aryl methyl sites for hydroxylation is 1. The summed E-state index contributed by atoms with van der Waals surface area (Å²) in [5.74, 6) is 0.781. The minimum Gasteiger partial charge on any atom is -0.361 e. The first kappa shape index (κ1) is 15.0. The van der Waals surface area contributed by atoms with Gasteiger partial charge in [0.05, 0.1) is 0 Å². The molecule has 2 aromatic rings. The van der Waals surface area contributed by atoms with Crippen molar-refractivity contribution in [1.29, 1.82) is 0 Å². The molecule has 0 bridgehead atoms. The molecule has 110 valence electrons. The number of rotatable bonds is 6. The Morgan fingerprint density at radius 3 is 2.55 bits per heavy atom. The molecule has 0 aliphatic heterocycles. The van der Waals surface area contributed by atoms with Gasteiger partial charge >= 0.3 is 0 Å². The Kier molecular flexibility index (Phi) is 4.77. The van der Waals surface area contributed by atoms with E-state index in [-0.39, 0.29) is 10.8 Å². The lowest BCUT2D eigenvalue weighted by Gasteiger charge is -2.09. The van der Waals surface area contributed by atoms with Gasteiger partial charge in [-0.2, -0.15) is 4.98 Å². The van der Waals surface area contributed by atoms with Gasteiger partial charge in [0, 0.05) is 19.6 Å². The maximum Gasteiger partial charge on any atom is 0.280 e. The Morgan fingerprint density at radius 1 is 1.20 bits per heavy atom. The fourth-order valence-corrected chi connectivity index (χ4v) is 2.38. The Labute approximate surface area is 122 Å². The van der Waals surface area contributed by atoms with Crippen molar-refractivity contribution in [1.82, 2.24) is 19.1 Å². The van der Waals surface area contributed by atoms with Crippen molar-refractivity contribution in [3.63, 3.8) is 0 Å². The first-order valence-electron chi connectivity index (χ1n) is 6.87. The fraction of sp³-hybridized carbons (Fsp3) is 0.615. The number of hydrogen-bond donors (Lipinski definition) is 0. The molecule has 0 aliphatic rings. The van der Waals surface area contributed by atoms with E-state index in [2.05, 4.69) is 9.97 Å². The van der Waals surface area contributed by atoms with Gasteiger partial charge in [-0.25, -0.2) is 4.98 Å². The lowest BCUT2D eigenvalue weighted by molar-refractivity contribution is 0.0885. The van der Waals surface area contributed by atoms with Crippen LogP contribution in [-0.4, -0.2) is 25.7 Å². The van der Waals surface area contributed by atoms with E-state index in [1.54, 1.807) is 4.57 Å². The highest BCUT2D eigenvalue weighted by Crippen LogP contribution is 2.15. The molecule has 0 atom stereocenters. The van der Waals surface area contributed by atoms with E-state index in [1.165, 1.54) is 4.57 Å². The molecule has 6 nitrogen and oxygen atoms in total. The minimum absolute atomic E-state index is 0.159. The van der Waals surface area contributed by atoms with Crippen LogP contribution < -0.4 is 5.56 Å². The maximum absolute atomic E-state index is 12.6. The van der Waals surface area contributed by atoms with Crippen LogP contribution in [0.5, 0.6) is 0 Å². The summed E-state index contributed by atoms with van der Waals surface area (Å²) < 4.78 is 8.70. The molecule has 0 amide bonds. The first-order valence-corrected chi connectivity index (χ1v) is 7.24. The number of fused-ring (bicyclic) bond motifs is 1. The van der Waals surface area contributed by atoms with Crippen LogP contribution in [0.25, 0.3) is 11.2 Å². The van der Waals surface area contributed by atoms with E-state index in [1.807, 2.05) is 20.8 Å². The smallest absolute Gasteiger partial charge is 0.280 e. The van der Waals surface area contributed by atoms with Gasteiger partial charge in [-0.3, -0.25) is 13.9 Å². The van der Waals surface area contributed by atoms with Crippen LogP contribution in [0, 0.1) is 0 Å². The van der Waals surface area contributed by atoms with Crippen molar-refractivity contribution in [2.24, 2.45) is 0 Å². The number of aromatic nitrogens is 4. The van der Waals surface area contributed by atoms with Gasteiger partial charge in [0.25, 0.3) is 5.56 Å². The summed E-state index contributed by atoms with van der Waals surface area (Å²) >= 11 is 6.07. The Bertz CT molecular complexity index is 662. The molecule has 0 N–H and O–H groups in total. The van der Waals surface area contributed by atoms with Gasteiger partial charge in [0.1, 0.15) is 12.6 Å². The number of hydrogen-bond acceptors (Lipinski definition) is 4. The summed E-state index contributed by atoms with van der Waals surface area (Å²) in [6, 6.07) is 0. The maximum atomic E-state index is 12.6. The summed E-state index contributed by atoms with van der Waals surface area (Å²) in [5.41, 5.74) is 0.700.